The molecule has 0 saturated carbocycles. The topological polar surface area (TPSA) is 46.2 Å². The maximum atomic E-state index is 6.13. The first kappa shape index (κ1) is 63.8. The number of halogens is 1. The van der Waals surface area contributed by atoms with Crippen molar-refractivity contribution >= 4 is 15.9 Å². The summed E-state index contributed by atoms with van der Waals surface area (Å²) < 4.78 is 31.3. The van der Waals surface area contributed by atoms with Crippen molar-refractivity contribution < 1.29 is 23.7 Å². The Balaban J connectivity index is 1.53. The van der Waals surface area contributed by atoms with Crippen LogP contribution in [0.1, 0.15) is 219 Å². The fraction of sp³-hybridized carbons (Fsp3) is 0.395. The van der Waals surface area contributed by atoms with Crippen LogP contribution in [-0.2, 0) is 0 Å². The van der Waals surface area contributed by atoms with Crippen molar-refractivity contribution in [2.75, 3.05) is 33.0 Å². The van der Waals surface area contributed by atoms with Gasteiger partial charge in [0.25, 0.3) is 0 Å². The molecule has 6 heteroatoms. The Morgan fingerprint density at radius 3 is 0.610 bits per heavy atom. The zero-order valence-electron chi connectivity index (χ0n) is 49.6. The van der Waals surface area contributed by atoms with Crippen LogP contribution < -0.4 is 23.7 Å². The molecule has 5 nitrogen and oxygen atoms in total. The quantitative estimate of drug-likeness (QED) is 0.0332. The molecule has 82 heavy (non-hydrogen) atoms. The van der Waals surface area contributed by atoms with Crippen LogP contribution in [0.15, 0.2) is 126 Å². The van der Waals surface area contributed by atoms with E-state index in [4.69, 9.17) is 23.7 Å². The predicted octanol–water partition coefficient (Wildman–Crippen LogP) is 19.2. The molecular weight excluding hydrogens is 1070 g/mol. The van der Waals surface area contributed by atoms with E-state index in [0.29, 0.717) is 65.3 Å². The van der Waals surface area contributed by atoms with E-state index < -0.39 is 0 Å². The molecule has 0 unspecified atom stereocenters. The fourth-order valence-electron chi connectivity index (χ4n) is 8.77. The molecule has 0 bridgehead atoms. The summed E-state index contributed by atoms with van der Waals surface area (Å²) in [6, 6.07) is 39.9. The minimum absolute atomic E-state index is 0.616. The molecule has 0 amide bonds. The Labute approximate surface area is 502 Å². The van der Waals surface area contributed by atoms with Crippen LogP contribution in [0, 0.1) is 59.2 Å². The highest BCUT2D eigenvalue weighted by Gasteiger charge is 2.20. The lowest BCUT2D eigenvalue weighted by Crippen LogP contribution is -2.02. The van der Waals surface area contributed by atoms with Crippen LogP contribution in [0.3, 0.4) is 0 Å². The van der Waals surface area contributed by atoms with Gasteiger partial charge in [0.1, 0.15) is 28.7 Å². The molecule has 6 aromatic rings. The SMILES string of the molecule is CCCCCCOc1ccc(C#Cc2c(Br)c(C#Cc3ccc(OCCCCCC)cc3)c(C#Cc3ccc(OCCCCCC)cc3)c(C#Cc3ccc(OCCCCCC)cc3)c2C#Cc2ccc(OCCCCCC)cc2)cc1. The van der Waals surface area contributed by atoms with Gasteiger partial charge < -0.3 is 23.7 Å². The molecule has 0 aromatic heterocycles. The highest BCUT2D eigenvalue weighted by molar-refractivity contribution is 9.10. The van der Waals surface area contributed by atoms with Gasteiger partial charge in [-0.1, -0.05) is 190 Å². The van der Waals surface area contributed by atoms with Crippen molar-refractivity contribution in [1.82, 2.24) is 0 Å². The molecule has 6 rings (SSSR count). The highest BCUT2D eigenvalue weighted by atomic mass is 79.9. The van der Waals surface area contributed by atoms with Gasteiger partial charge in [-0.15, -0.1) is 0 Å². The second kappa shape index (κ2) is 38.3. The smallest absolute Gasteiger partial charge is 0.119 e. The molecular formula is C76H85BrO5. The summed E-state index contributed by atoms with van der Waals surface area (Å²) in [5.74, 6) is 39.5. The summed E-state index contributed by atoms with van der Waals surface area (Å²) in [5, 5.41) is 0. The summed E-state index contributed by atoms with van der Waals surface area (Å²) in [6.07, 6.45) is 22.9. The number of hydrogen-bond donors (Lipinski definition) is 0. The van der Waals surface area contributed by atoms with Crippen LogP contribution in [0.4, 0.5) is 0 Å². The monoisotopic (exact) mass is 1160 g/mol. The maximum Gasteiger partial charge on any atom is 0.119 e. The van der Waals surface area contributed by atoms with Crippen molar-refractivity contribution in [3.8, 4) is 88.0 Å². The van der Waals surface area contributed by atoms with Gasteiger partial charge in [0.2, 0.25) is 0 Å². The molecule has 6 aromatic carbocycles. The van der Waals surface area contributed by atoms with Crippen molar-refractivity contribution in [3.05, 3.63) is 181 Å². The van der Waals surface area contributed by atoms with Crippen LogP contribution in [0.25, 0.3) is 0 Å². The molecule has 0 heterocycles. The molecule has 0 fully saturated rings. The Morgan fingerprint density at radius 2 is 0.415 bits per heavy atom. The van der Waals surface area contributed by atoms with Gasteiger partial charge >= 0.3 is 0 Å². The van der Waals surface area contributed by atoms with Crippen molar-refractivity contribution in [3.63, 3.8) is 0 Å². The normalized spacial score (nSPS) is 10.3. The van der Waals surface area contributed by atoms with Crippen molar-refractivity contribution in [2.45, 2.75) is 163 Å². The van der Waals surface area contributed by atoms with Crippen LogP contribution in [0.5, 0.6) is 28.7 Å². The van der Waals surface area contributed by atoms with E-state index in [-0.39, 0.29) is 0 Å². The third-order valence-electron chi connectivity index (χ3n) is 13.7. The molecule has 0 radical (unpaired) electrons. The molecule has 0 aliphatic carbocycles. The first-order valence-electron chi connectivity index (χ1n) is 30.5. The van der Waals surface area contributed by atoms with E-state index in [1.54, 1.807) is 0 Å². The highest BCUT2D eigenvalue weighted by Crippen LogP contribution is 2.32. The minimum atomic E-state index is 0.616. The second-order valence-electron chi connectivity index (χ2n) is 20.6. The van der Waals surface area contributed by atoms with Gasteiger partial charge in [-0.05, 0) is 169 Å². The number of unbranched alkanes of at least 4 members (excludes halogenated alkanes) is 15. The zero-order chi connectivity index (χ0) is 57.7. The Morgan fingerprint density at radius 1 is 0.232 bits per heavy atom. The largest absolute Gasteiger partial charge is 0.494 e. The van der Waals surface area contributed by atoms with Gasteiger partial charge in [0, 0.05) is 27.8 Å². The maximum absolute atomic E-state index is 6.13. The summed E-state index contributed by atoms with van der Waals surface area (Å²) in [6.45, 7) is 14.5. The minimum Gasteiger partial charge on any atom is -0.494 e. The summed E-state index contributed by atoms with van der Waals surface area (Å²) in [4.78, 5) is 0. The Kier molecular flexibility index (Phi) is 29.8. The lowest BCUT2D eigenvalue weighted by molar-refractivity contribution is 0.305. The van der Waals surface area contributed by atoms with Gasteiger partial charge in [-0.3, -0.25) is 0 Å². The third kappa shape index (κ3) is 23.2. The standard InChI is InChI=1S/C76H85BrO5/c1-6-11-16-21-56-78-66-41-26-61(27-42-66)36-51-71-72(52-37-62-28-43-67(44-29-62)79-57-22-17-12-7-2)74(54-39-64-32-47-69(48-33-64)81-59-24-19-14-9-4)76(77)75(55-40-65-34-49-70(50-35-65)82-60-25-20-15-10-5)73(71)53-38-63-30-45-68(46-31-63)80-58-23-18-13-8-3/h26-35,41-50H,6-25,56-60H2,1-5H3. The summed E-state index contributed by atoms with van der Waals surface area (Å²) in [5.41, 5.74) is 7.28. The van der Waals surface area contributed by atoms with Gasteiger partial charge in [0.05, 0.1) is 65.3 Å². The number of benzene rings is 6. The fourth-order valence-corrected chi connectivity index (χ4v) is 9.36. The first-order valence-corrected chi connectivity index (χ1v) is 31.3. The van der Waals surface area contributed by atoms with Gasteiger partial charge in [-0.25, -0.2) is 0 Å². The van der Waals surface area contributed by atoms with E-state index in [1.165, 1.54) is 64.2 Å². The zero-order valence-corrected chi connectivity index (χ0v) is 51.2. The van der Waals surface area contributed by atoms with Crippen molar-refractivity contribution in [1.29, 1.82) is 0 Å². The number of hydrogen-bond acceptors (Lipinski definition) is 5. The van der Waals surface area contributed by atoms with Crippen molar-refractivity contribution in [2.24, 2.45) is 0 Å². The summed E-state index contributed by atoms with van der Waals surface area (Å²) >= 11 is 4.09. The average Bonchev–Trinajstić information content (AvgIpc) is 3.65. The van der Waals surface area contributed by atoms with E-state index in [2.05, 4.69) is 110 Å². The van der Waals surface area contributed by atoms with E-state index >= 15 is 0 Å². The lowest BCUT2D eigenvalue weighted by Gasteiger charge is -2.12. The van der Waals surface area contributed by atoms with Gasteiger partial charge in [-0.2, -0.15) is 0 Å². The molecule has 0 saturated heterocycles. The van der Waals surface area contributed by atoms with Crippen LogP contribution in [-0.4, -0.2) is 33.0 Å². The van der Waals surface area contributed by atoms with E-state index in [9.17, 15) is 0 Å². The molecule has 0 spiro atoms. The predicted molar refractivity (Wildman–Crippen MR) is 344 cm³/mol. The molecule has 0 N–H and O–H groups in total. The number of rotatable bonds is 30. The lowest BCUT2D eigenvalue weighted by atomic mass is 9.91. The molecule has 426 valence electrons. The molecule has 0 aliphatic heterocycles. The van der Waals surface area contributed by atoms with Crippen LogP contribution in [0.2, 0.25) is 0 Å². The molecule has 0 atom stereocenters. The van der Waals surface area contributed by atoms with Gasteiger partial charge in [0.15, 0.2) is 0 Å². The van der Waals surface area contributed by atoms with E-state index in [0.717, 1.165) is 121 Å². The number of ether oxygens (including phenoxy) is 5. The Bertz CT molecular complexity index is 2980. The third-order valence-corrected chi connectivity index (χ3v) is 14.5. The Hall–Kier alpha value is -7.40. The van der Waals surface area contributed by atoms with E-state index in [1.807, 2.05) is 121 Å². The summed E-state index contributed by atoms with van der Waals surface area (Å²) in [7, 11) is 0. The van der Waals surface area contributed by atoms with Crippen LogP contribution >= 0.6 is 15.9 Å². The first-order chi connectivity index (χ1) is 40.4. The second-order valence-corrected chi connectivity index (χ2v) is 21.4. The molecule has 0 aliphatic rings. The average molecular weight is 1160 g/mol.